The van der Waals surface area contributed by atoms with Gasteiger partial charge in [-0.3, -0.25) is 4.79 Å². The van der Waals surface area contributed by atoms with Crippen LogP contribution in [0.15, 0.2) is 12.2 Å². The zero-order chi connectivity index (χ0) is 10.1. The van der Waals surface area contributed by atoms with E-state index in [1.54, 1.807) is 0 Å². The van der Waals surface area contributed by atoms with Gasteiger partial charge in [0.15, 0.2) is 0 Å². The normalized spacial score (nSPS) is 13.5. The summed E-state index contributed by atoms with van der Waals surface area (Å²) in [6.07, 6.45) is 9.05. The summed E-state index contributed by atoms with van der Waals surface area (Å²) >= 11 is 0. The maximum absolute atomic E-state index is 11.4. The summed E-state index contributed by atoms with van der Waals surface area (Å²) in [6.45, 7) is 6.25. The van der Waals surface area contributed by atoms with Crippen molar-refractivity contribution < 1.29 is 4.79 Å². The molecule has 0 bridgehead atoms. The van der Waals surface area contributed by atoms with Gasteiger partial charge in [0.05, 0.1) is 0 Å². The van der Waals surface area contributed by atoms with E-state index >= 15 is 0 Å². The highest BCUT2D eigenvalue weighted by atomic mass is 16.1. The minimum absolute atomic E-state index is 0.416. The topological polar surface area (TPSA) is 17.1 Å². The Morgan fingerprint density at radius 2 is 2.08 bits per heavy atom. The van der Waals surface area contributed by atoms with Crippen LogP contribution >= 0.6 is 0 Å². The predicted molar refractivity (Wildman–Crippen MR) is 57.7 cm³/mol. The molecule has 76 valence electrons. The summed E-state index contributed by atoms with van der Waals surface area (Å²) in [5.74, 6) is 0.832. The minimum atomic E-state index is 0.416. The van der Waals surface area contributed by atoms with E-state index in [1.807, 2.05) is 13.0 Å². The van der Waals surface area contributed by atoms with Gasteiger partial charge in [-0.25, -0.2) is 0 Å². The second-order valence-electron chi connectivity index (χ2n) is 3.70. The van der Waals surface area contributed by atoms with Gasteiger partial charge in [0.25, 0.3) is 0 Å². The molecule has 0 saturated heterocycles. The molecular formula is C12H22O. The van der Waals surface area contributed by atoms with Gasteiger partial charge in [-0.15, -0.1) is 0 Å². The third kappa shape index (κ3) is 7.76. The summed E-state index contributed by atoms with van der Waals surface area (Å²) in [7, 11) is 0. The first-order chi connectivity index (χ1) is 6.20. The largest absolute Gasteiger partial charge is 0.300 e. The van der Waals surface area contributed by atoms with E-state index in [-0.39, 0.29) is 0 Å². The van der Waals surface area contributed by atoms with Gasteiger partial charge in [0.1, 0.15) is 5.78 Å². The summed E-state index contributed by atoms with van der Waals surface area (Å²) in [5, 5.41) is 0. The van der Waals surface area contributed by atoms with E-state index in [0.717, 1.165) is 12.8 Å². The molecule has 0 heterocycles. The number of Topliss-reactive ketones (excluding diaryl/α,β-unsaturated/α-hetero) is 1. The van der Waals surface area contributed by atoms with E-state index in [9.17, 15) is 4.79 Å². The Morgan fingerprint density at radius 3 is 2.62 bits per heavy atom. The molecule has 0 aliphatic heterocycles. The highest BCUT2D eigenvalue weighted by Gasteiger charge is 2.05. The minimum Gasteiger partial charge on any atom is -0.300 e. The van der Waals surface area contributed by atoms with E-state index in [1.165, 1.54) is 12.8 Å². The molecule has 0 aliphatic carbocycles. The van der Waals surface area contributed by atoms with Crippen LogP contribution < -0.4 is 0 Å². The number of unbranched alkanes of at least 4 members (excludes halogenated alkanes) is 2. The quantitative estimate of drug-likeness (QED) is 0.433. The second kappa shape index (κ2) is 8.03. The molecule has 0 fully saturated rings. The Balaban J connectivity index is 3.50. The summed E-state index contributed by atoms with van der Waals surface area (Å²) in [6, 6.07) is 0. The molecule has 0 radical (unpaired) electrons. The number of carbonyl (C=O) groups is 1. The molecule has 0 aromatic carbocycles. The molecule has 1 heteroatoms. The summed E-state index contributed by atoms with van der Waals surface area (Å²) < 4.78 is 0. The van der Waals surface area contributed by atoms with Crippen LogP contribution in [0.25, 0.3) is 0 Å². The standard InChI is InChI=1S/C12H22O/c1-4-6-7-9-12(13)10-11(3)8-5-2/h5,8,11H,4,6-7,9-10H2,1-3H3/b8-5+. The molecule has 0 amide bonds. The SMILES string of the molecule is C/C=C/C(C)CC(=O)CCCCC. The van der Waals surface area contributed by atoms with Gasteiger partial charge in [-0.05, 0) is 19.3 Å². The number of carbonyl (C=O) groups excluding carboxylic acids is 1. The number of hydrogen-bond acceptors (Lipinski definition) is 1. The molecule has 0 aromatic heterocycles. The Morgan fingerprint density at radius 1 is 1.38 bits per heavy atom. The van der Waals surface area contributed by atoms with Gasteiger partial charge in [0.2, 0.25) is 0 Å². The smallest absolute Gasteiger partial charge is 0.133 e. The third-order valence-corrected chi connectivity index (χ3v) is 2.13. The van der Waals surface area contributed by atoms with Crippen LogP contribution in [0.4, 0.5) is 0 Å². The lowest BCUT2D eigenvalue weighted by molar-refractivity contribution is -0.119. The van der Waals surface area contributed by atoms with Gasteiger partial charge in [-0.1, -0.05) is 38.8 Å². The fraction of sp³-hybridized carbons (Fsp3) is 0.750. The van der Waals surface area contributed by atoms with Crippen molar-refractivity contribution in [3.8, 4) is 0 Å². The average Bonchev–Trinajstić information content (AvgIpc) is 2.05. The fourth-order valence-corrected chi connectivity index (χ4v) is 1.43. The first kappa shape index (κ1) is 12.4. The van der Waals surface area contributed by atoms with Crippen molar-refractivity contribution in [3.05, 3.63) is 12.2 Å². The van der Waals surface area contributed by atoms with Crippen LogP contribution in [0, 0.1) is 5.92 Å². The van der Waals surface area contributed by atoms with Gasteiger partial charge < -0.3 is 0 Å². The molecule has 0 rings (SSSR count). The van der Waals surface area contributed by atoms with Crippen molar-refractivity contribution in [2.45, 2.75) is 52.9 Å². The molecule has 1 unspecified atom stereocenters. The van der Waals surface area contributed by atoms with Crippen LogP contribution in [-0.2, 0) is 4.79 Å². The Kier molecular flexibility index (Phi) is 7.66. The van der Waals surface area contributed by atoms with Crippen LogP contribution in [0.2, 0.25) is 0 Å². The van der Waals surface area contributed by atoms with Crippen molar-refractivity contribution >= 4 is 5.78 Å². The number of hydrogen-bond donors (Lipinski definition) is 0. The lowest BCUT2D eigenvalue weighted by Crippen LogP contribution is -2.03. The van der Waals surface area contributed by atoms with Crippen LogP contribution in [0.5, 0.6) is 0 Å². The molecule has 0 aromatic rings. The van der Waals surface area contributed by atoms with Gasteiger partial charge in [-0.2, -0.15) is 0 Å². The van der Waals surface area contributed by atoms with E-state index < -0.39 is 0 Å². The van der Waals surface area contributed by atoms with Crippen LogP contribution in [-0.4, -0.2) is 5.78 Å². The third-order valence-electron chi connectivity index (χ3n) is 2.13. The first-order valence-corrected chi connectivity index (χ1v) is 5.35. The maximum atomic E-state index is 11.4. The van der Waals surface area contributed by atoms with Crippen molar-refractivity contribution in [2.75, 3.05) is 0 Å². The lowest BCUT2D eigenvalue weighted by Gasteiger charge is -2.04. The monoisotopic (exact) mass is 182 g/mol. The van der Waals surface area contributed by atoms with Crippen LogP contribution in [0.3, 0.4) is 0 Å². The van der Waals surface area contributed by atoms with Gasteiger partial charge >= 0.3 is 0 Å². The van der Waals surface area contributed by atoms with Crippen LogP contribution in [0.1, 0.15) is 52.9 Å². The molecule has 0 spiro atoms. The highest BCUT2D eigenvalue weighted by Crippen LogP contribution is 2.09. The molecule has 0 N–H and O–H groups in total. The predicted octanol–water partition coefficient (Wildman–Crippen LogP) is 3.74. The van der Waals surface area contributed by atoms with Crippen molar-refractivity contribution in [1.82, 2.24) is 0 Å². The fourth-order valence-electron chi connectivity index (χ4n) is 1.43. The summed E-state index contributed by atoms with van der Waals surface area (Å²) in [4.78, 5) is 11.4. The highest BCUT2D eigenvalue weighted by molar-refractivity contribution is 5.78. The van der Waals surface area contributed by atoms with E-state index in [0.29, 0.717) is 18.1 Å². The first-order valence-electron chi connectivity index (χ1n) is 5.35. The maximum Gasteiger partial charge on any atom is 0.133 e. The van der Waals surface area contributed by atoms with E-state index in [2.05, 4.69) is 19.9 Å². The molecule has 0 saturated carbocycles. The number of rotatable bonds is 7. The number of ketones is 1. The summed E-state index contributed by atoms with van der Waals surface area (Å²) in [5.41, 5.74) is 0. The number of allylic oxidation sites excluding steroid dienone is 2. The Bertz CT molecular complexity index is 159. The van der Waals surface area contributed by atoms with Crippen molar-refractivity contribution in [1.29, 1.82) is 0 Å². The Labute approximate surface area is 82.2 Å². The molecule has 1 nitrogen and oxygen atoms in total. The lowest BCUT2D eigenvalue weighted by atomic mass is 10.0. The second-order valence-corrected chi connectivity index (χ2v) is 3.70. The molecule has 1 atom stereocenters. The average molecular weight is 182 g/mol. The zero-order valence-corrected chi connectivity index (χ0v) is 9.18. The molecular weight excluding hydrogens is 160 g/mol. The Hall–Kier alpha value is -0.590. The zero-order valence-electron chi connectivity index (χ0n) is 9.18. The van der Waals surface area contributed by atoms with Gasteiger partial charge in [0, 0.05) is 12.8 Å². The van der Waals surface area contributed by atoms with E-state index in [4.69, 9.17) is 0 Å². The molecule has 13 heavy (non-hydrogen) atoms. The molecule has 0 aliphatic rings. The van der Waals surface area contributed by atoms with Crippen molar-refractivity contribution in [3.63, 3.8) is 0 Å². The van der Waals surface area contributed by atoms with Crippen molar-refractivity contribution in [2.24, 2.45) is 5.92 Å².